The van der Waals surface area contributed by atoms with E-state index >= 15 is 0 Å². The molecule has 0 bridgehead atoms. The molecule has 2 rings (SSSR count). The molecule has 20 heavy (non-hydrogen) atoms. The van der Waals surface area contributed by atoms with Gasteiger partial charge < -0.3 is 9.64 Å². The number of methoxy groups -OCH3 is 1. The molecule has 0 saturated carbocycles. The summed E-state index contributed by atoms with van der Waals surface area (Å²) in [7, 11) is 1.42. The second kappa shape index (κ2) is 6.30. The summed E-state index contributed by atoms with van der Waals surface area (Å²) in [6.45, 7) is 3.45. The first-order valence-corrected chi connectivity index (χ1v) is 7.50. The quantitative estimate of drug-likeness (QED) is 0.632. The average Bonchev–Trinajstić information content (AvgIpc) is 2.45. The fourth-order valence-electron chi connectivity index (χ4n) is 2.29. The van der Waals surface area contributed by atoms with Gasteiger partial charge in [-0.25, -0.2) is 0 Å². The van der Waals surface area contributed by atoms with Crippen LogP contribution in [0.4, 0.5) is 15.8 Å². The highest BCUT2D eigenvalue weighted by molar-refractivity contribution is 8.00. The number of thioether (sulfide) groups is 1. The van der Waals surface area contributed by atoms with Crippen LogP contribution in [0.2, 0.25) is 0 Å². The predicted molar refractivity (Wildman–Crippen MR) is 78.4 cm³/mol. The summed E-state index contributed by atoms with van der Waals surface area (Å²) < 4.78 is 18.9. The fraction of sp³-hybridized carbons (Fsp3) is 0.538. The van der Waals surface area contributed by atoms with Gasteiger partial charge in [-0.2, -0.15) is 16.2 Å². The molecule has 1 saturated heterocycles. The minimum absolute atomic E-state index is 0.300. The highest BCUT2D eigenvalue weighted by Crippen LogP contribution is 2.37. The highest BCUT2D eigenvalue weighted by Gasteiger charge is 2.29. The molecule has 110 valence electrons. The molecule has 1 aliphatic heterocycles. The average molecular weight is 300 g/mol. The third kappa shape index (κ3) is 2.98. The van der Waals surface area contributed by atoms with Gasteiger partial charge in [0.25, 0.3) is 0 Å². The number of nitrogens with zero attached hydrogens (tertiary/aromatic N) is 2. The standard InChI is InChI=1S/C13H17FN2O3S/c1-3-10-8-15(4-5-20-10)12-7-9(19-2)6-11(14)13(12)16(17)18/h6-7,10H,3-5,8H2,1-2H3. The molecule has 1 unspecified atom stereocenters. The molecular formula is C13H17FN2O3S. The second-order valence-corrected chi connectivity index (χ2v) is 5.99. The molecule has 7 heteroatoms. The van der Waals surface area contributed by atoms with Gasteiger partial charge >= 0.3 is 5.69 Å². The molecule has 1 atom stereocenters. The van der Waals surface area contributed by atoms with Crippen molar-refractivity contribution < 1.29 is 14.1 Å². The molecule has 5 nitrogen and oxygen atoms in total. The Morgan fingerprint density at radius 3 is 2.95 bits per heavy atom. The van der Waals surface area contributed by atoms with Gasteiger partial charge in [0.2, 0.25) is 5.82 Å². The minimum Gasteiger partial charge on any atom is -0.497 e. The van der Waals surface area contributed by atoms with Crippen molar-refractivity contribution in [1.29, 1.82) is 0 Å². The molecule has 0 amide bonds. The van der Waals surface area contributed by atoms with E-state index in [9.17, 15) is 14.5 Å². The number of ether oxygens (including phenoxy) is 1. The Hall–Kier alpha value is -1.50. The van der Waals surface area contributed by atoms with E-state index in [-0.39, 0.29) is 0 Å². The molecular weight excluding hydrogens is 283 g/mol. The molecule has 0 N–H and O–H groups in total. The van der Waals surface area contributed by atoms with Crippen LogP contribution in [0.25, 0.3) is 0 Å². The second-order valence-electron chi connectivity index (χ2n) is 4.58. The number of hydrogen-bond donors (Lipinski definition) is 0. The molecule has 0 radical (unpaired) electrons. The van der Waals surface area contributed by atoms with Crippen LogP contribution in [0.3, 0.4) is 0 Å². The Morgan fingerprint density at radius 1 is 1.60 bits per heavy atom. The minimum atomic E-state index is -0.851. The largest absolute Gasteiger partial charge is 0.497 e. The molecule has 1 aromatic carbocycles. The maximum Gasteiger partial charge on any atom is 0.328 e. The van der Waals surface area contributed by atoms with Crippen LogP contribution < -0.4 is 9.64 Å². The summed E-state index contributed by atoms with van der Waals surface area (Å²) in [6, 6.07) is 2.60. The molecule has 1 aliphatic rings. The zero-order valence-corrected chi connectivity index (χ0v) is 12.3. The van der Waals surface area contributed by atoms with Crippen molar-refractivity contribution >= 4 is 23.1 Å². The van der Waals surface area contributed by atoms with Crippen LogP contribution in [0.1, 0.15) is 13.3 Å². The van der Waals surface area contributed by atoms with Crippen LogP contribution in [0.5, 0.6) is 5.75 Å². The van der Waals surface area contributed by atoms with Crippen LogP contribution in [0, 0.1) is 15.9 Å². The lowest BCUT2D eigenvalue weighted by Gasteiger charge is -2.33. The number of nitro benzene ring substituents is 1. The van der Waals surface area contributed by atoms with E-state index < -0.39 is 16.4 Å². The number of nitro groups is 1. The first-order chi connectivity index (χ1) is 9.56. The Morgan fingerprint density at radius 2 is 2.35 bits per heavy atom. The van der Waals surface area contributed by atoms with Gasteiger partial charge in [0.15, 0.2) is 0 Å². The van der Waals surface area contributed by atoms with Crippen LogP contribution >= 0.6 is 11.8 Å². The van der Waals surface area contributed by atoms with Crippen LogP contribution in [-0.4, -0.2) is 36.1 Å². The summed E-state index contributed by atoms with van der Waals surface area (Å²) in [5.74, 6) is 0.332. The summed E-state index contributed by atoms with van der Waals surface area (Å²) >= 11 is 1.85. The smallest absolute Gasteiger partial charge is 0.328 e. The van der Waals surface area contributed by atoms with Gasteiger partial charge in [-0.3, -0.25) is 10.1 Å². The van der Waals surface area contributed by atoms with E-state index in [1.807, 2.05) is 16.7 Å². The van der Waals surface area contributed by atoms with Gasteiger partial charge in [-0.05, 0) is 6.42 Å². The number of halogens is 1. The van der Waals surface area contributed by atoms with Crippen molar-refractivity contribution in [3.8, 4) is 5.75 Å². The summed E-state index contributed by atoms with van der Waals surface area (Å²) in [5, 5.41) is 11.5. The van der Waals surface area contributed by atoms with Gasteiger partial charge in [0.05, 0.1) is 12.0 Å². The summed E-state index contributed by atoms with van der Waals surface area (Å²) in [6.07, 6.45) is 0.988. The maximum atomic E-state index is 13.9. The van der Waals surface area contributed by atoms with Crippen molar-refractivity contribution in [2.45, 2.75) is 18.6 Å². The monoisotopic (exact) mass is 300 g/mol. The first-order valence-electron chi connectivity index (χ1n) is 6.45. The third-order valence-corrected chi connectivity index (χ3v) is 4.74. The predicted octanol–water partition coefficient (Wildman–Crippen LogP) is 3.07. The van der Waals surface area contributed by atoms with Crippen molar-refractivity contribution in [3.05, 3.63) is 28.1 Å². The van der Waals surface area contributed by atoms with E-state index in [2.05, 4.69) is 6.92 Å². The van der Waals surface area contributed by atoms with Crippen molar-refractivity contribution in [2.24, 2.45) is 0 Å². The Kier molecular flexibility index (Phi) is 4.69. The fourth-order valence-corrected chi connectivity index (χ4v) is 3.47. The van der Waals surface area contributed by atoms with Crippen molar-refractivity contribution in [1.82, 2.24) is 0 Å². The van der Waals surface area contributed by atoms with Crippen LogP contribution in [-0.2, 0) is 0 Å². The molecule has 0 aliphatic carbocycles. The van der Waals surface area contributed by atoms with Gasteiger partial charge in [-0.1, -0.05) is 6.92 Å². The van der Waals surface area contributed by atoms with E-state index in [1.165, 1.54) is 7.11 Å². The lowest BCUT2D eigenvalue weighted by Crippen LogP contribution is -2.38. The third-order valence-electron chi connectivity index (χ3n) is 3.37. The normalized spacial score (nSPS) is 18.9. The number of rotatable bonds is 4. The Balaban J connectivity index is 2.42. The Bertz CT molecular complexity index is 513. The van der Waals surface area contributed by atoms with E-state index in [1.54, 1.807) is 6.07 Å². The highest BCUT2D eigenvalue weighted by atomic mass is 32.2. The van der Waals surface area contributed by atoms with E-state index in [4.69, 9.17) is 4.74 Å². The van der Waals surface area contributed by atoms with Crippen molar-refractivity contribution in [3.63, 3.8) is 0 Å². The Labute approximate surface area is 121 Å². The van der Waals surface area contributed by atoms with Gasteiger partial charge in [0.1, 0.15) is 11.4 Å². The SMILES string of the molecule is CCC1CN(c2cc(OC)cc(F)c2[N+](=O)[O-])CCS1. The lowest BCUT2D eigenvalue weighted by molar-refractivity contribution is -0.386. The molecule has 1 heterocycles. The zero-order chi connectivity index (χ0) is 14.7. The van der Waals surface area contributed by atoms with Crippen LogP contribution in [0.15, 0.2) is 12.1 Å². The topological polar surface area (TPSA) is 55.6 Å². The number of anilines is 1. The number of benzene rings is 1. The molecule has 1 aromatic rings. The summed E-state index contributed by atoms with van der Waals surface area (Å²) in [4.78, 5) is 12.4. The lowest BCUT2D eigenvalue weighted by atomic mass is 10.2. The van der Waals surface area contributed by atoms with E-state index in [0.717, 1.165) is 18.2 Å². The molecule has 0 aromatic heterocycles. The van der Waals surface area contributed by atoms with Crippen molar-refractivity contribution in [2.75, 3.05) is 30.9 Å². The van der Waals surface area contributed by atoms with Gasteiger partial charge in [-0.15, -0.1) is 0 Å². The molecule has 0 spiro atoms. The summed E-state index contributed by atoms with van der Waals surface area (Å²) in [5.41, 5.74) is -0.154. The zero-order valence-electron chi connectivity index (χ0n) is 11.5. The number of hydrogen-bond acceptors (Lipinski definition) is 5. The van der Waals surface area contributed by atoms with E-state index in [0.29, 0.717) is 29.8 Å². The first kappa shape index (κ1) is 14.9. The molecule has 1 fully saturated rings. The maximum absolute atomic E-state index is 13.9. The van der Waals surface area contributed by atoms with Gasteiger partial charge in [0, 0.05) is 36.2 Å².